The number of hydrogen-bond donors (Lipinski definition) is 0. The van der Waals surface area contributed by atoms with Crippen LogP contribution in [0.4, 0.5) is 28.4 Å². The third-order valence-corrected chi connectivity index (χ3v) is 11.7. The van der Waals surface area contributed by atoms with Crippen LogP contribution in [0.25, 0.3) is 54.3 Å². The lowest BCUT2D eigenvalue weighted by Crippen LogP contribution is -2.24. The molecule has 1 heterocycles. The monoisotopic (exact) mass is 718 g/mol. The summed E-state index contributed by atoms with van der Waals surface area (Å²) in [6, 6.07) is 58.8. The maximum Gasteiger partial charge on any atom is 0.143 e. The summed E-state index contributed by atoms with van der Waals surface area (Å²) in [5, 5.41) is 9.15. The minimum atomic E-state index is 0.313. The van der Waals surface area contributed by atoms with Gasteiger partial charge in [-0.05, 0) is 64.7 Å². The van der Waals surface area contributed by atoms with E-state index in [9.17, 15) is 0 Å². The van der Waals surface area contributed by atoms with E-state index >= 15 is 0 Å². The van der Waals surface area contributed by atoms with Crippen molar-refractivity contribution in [2.24, 2.45) is 11.8 Å². The summed E-state index contributed by atoms with van der Waals surface area (Å²) in [6.07, 6.45) is 13.7. The third-order valence-electron chi connectivity index (χ3n) is 11.7. The number of nitrogens with zero attached hydrogens (tertiary/aromatic N) is 2. The van der Waals surface area contributed by atoms with Gasteiger partial charge in [-0.25, -0.2) is 0 Å². The molecular formula is C53H38N2O. The summed E-state index contributed by atoms with van der Waals surface area (Å²) in [7, 11) is 0. The molecule has 3 nitrogen and oxygen atoms in total. The number of anilines is 5. The van der Waals surface area contributed by atoms with Crippen LogP contribution in [0, 0.1) is 11.8 Å². The fraction of sp³-hybridized carbons (Fsp3) is 0.0566. The Morgan fingerprint density at radius 1 is 0.464 bits per heavy atom. The number of fused-ring (bicyclic) bond motifs is 9. The minimum Gasteiger partial charge on any atom is -0.455 e. The van der Waals surface area contributed by atoms with Crippen molar-refractivity contribution < 1.29 is 4.42 Å². The van der Waals surface area contributed by atoms with Crippen molar-refractivity contribution in [1.29, 1.82) is 0 Å². The zero-order chi connectivity index (χ0) is 37.2. The lowest BCUT2D eigenvalue weighted by Gasteiger charge is -2.35. The van der Waals surface area contributed by atoms with Gasteiger partial charge in [-0.15, -0.1) is 0 Å². The molecule has 8 aromatic carbocycles. The highest BCUT2D eigenvalue weighted by atomic mass is 16.3. The van der Waals surface area contributed by atoms with Crippen LogP contribution in [-0.4, -0.2) is 0 Å². The topological polar surface area (TPSA) is 19.6 Å². The largest absolute Gasteiger partial charge is 0.455 e. The fourth-order valence-corrected chi connectivity index (χ4v) is 9.10. The molecule has 2 unspecified atom stereocenters. The van der Waals surface area contributed by atoms with E-state index in [1.54, 1.807) is 0 Å². The van der Waals surface area contributed by atoms with Gasteiger partial charge in [0.25, 0.3) is 0 Å². The molecule has 11 rings (SSSR count). The number of furan rings is 1. The molecule has 0 saturated carbocycles. The molecule has 0 fully saturated rings. The summed E-state index contributed by atoms with van der Waals surface area (Å²) in [6.45, 7) is 2.31. The molecule has 0 saturated heterocycles. The Morgan fingerprint density at radius 3 is 1.84 bits per heavy atom. The Kier molecular flexibility index (Phi) is 7.53. The van der Waals surface area contributed by atoms with Gasteiger partial charge in [0.15, 0.2) is 0 Å². The summed E-state index contributed by atoms with van der Waals surface area (Å²) in [5.74, 6) is 0.724. The van der Waals surface area contributed by atoms with Crippen LogP contribution in [-0.2, 0) is 0 Å². The summed E-state index contributed by atoms with van der Waals surface area (Å²) >= 11 is 0. The maximum absolute atomic E-state index is 7.12. The maximum atomic E-state index is 7.12. The van der Waals surface area contributed by atoms with E-state index in [0.717, 1.165) is 71.9 Å². The molecule has 2 atom stereocenters. The lowest BCUT2D eigenvalue weighted by molar-refractivity contribution is 0.576. The molecule has 0 amide bonds. The number of rotatable bonds is 6. The van der Waals surface area contributed by atoms with E-state index in [1.165, 1.54) is 22.0 Å². The number of allylic oxidation sites excluding steroid dienone is 7. The molecular weight excluding hydrogens is 681 g/mol. The highest BCUT2D eigenvalue weighted by Crippen LogP contribution is 2.50. The van der Waals surface area contributed by atoms with E-state index in [1.807, 2.05) is 0 Å². The number of hydrogen-bond acceptors (Lipinski definition) is 3. The van der Waals surface area contributed by atoms with Crippen LogP contribution in [0.3, 0.4) is 0 Å². The van der Waals surface area contributed by atoms with Gasteiger partial charge in [0.05, 0.1) is 17.1 Å². The van der Waals surface area contributed by atoms with Crippen molar-refractivity contribution in [3.05, 3.63) is 212 Å². The summed E-state index contributed by atoms with van der Waals surface area (Å²) in [5.41, 5.74) is 9.80. The van der Waals surface area contributed by atoms with Crippen molar-refractivity contribution in [2.75, 3.05) is 9.80 Å². The quantitative estimate of drug-likeness (QED) is 0.171. The van der Waals surface area contributed by atoms with Crippen molar-refractivity contribution in [3.63, 3.8) is 0 Å². The van der Waals surface area contributed by atoms with Crippen molar-refractivity contribution in [2.45, 2.75) is 6.92 Å². The molecule has 2 aliphatic rings. The van der Waals surface area contributed by atoms with Crippen LogP contribution in [0.5, 0.6) is 0 Å². The summed E-state index contributed by atoms with van der Waals surface area (Å²) < 4.78 is 7.12. The Balaban J connectivity index is 1.22. The van der Waals surface area contributed by atoms with Gasteiger partial charge in [0.2, 0.25) is 0 Å². The second-order valence-corrected chi connectivity index (χ2v) is 14.9. The van der Waals surface area contributed by atoms with Gasteiger partial charge in [-0.1, -0.05) is 159 Å². The van der Waals surface area contributed by atoms with Gasteiger partial charge < -0.3 is 14.2 Å². The van der Waals surface area contributed by atoms with Crippen molar-refractivity contribution in [3.8, 4) is 0 Å². The fourth-order valence-electron chi connectivity index (χ4n) is 9.10. The first-order valence-electron chi connectivity index (χ1n) is 19.5. The molecule has 266 valence electrons. The van der Waals surface area contributed by atoms with E-state index in [2.05, 4.69) is 217 Å². The van der Waals surface area contributed by atoms with E-state index in [4.69, 9.17) is 4.42 Å². The molecule has 2 aliphatic carbocycles. The SMILES string of the molecule is CC1C=CC(N(c2ccccc2)c2cc3c(oc4cc(N(c5ccccc5)c5cccc6ccccc56)c5ccccc5c43)c3ccccc23)=C2C=CC=CC21. The standard InChI is InChI=1S/C53H38N2O/c1-35-31-32-48(41-25-11-10-23-39(35)41)55(38-21-6-3-7-22-38)49-33-46-52-44-28-14-12-26-42(44)50(34-51(52)56-53(46)45-29-15-13-27-43(45)49)54(37-19-4-2-5-20-37)47-30-16-18-36-17-8-9-24-40(36)47/h2-35,39H,1H3. The van der Waals surface area contributed by atoms with Crippen molar-refractivity contribution >= 4 is 82.7 Å². The van der Waals surface area contributed by atoms with Gasteiger partial charge in [-0.3, -0.25) is 0 Å². The highest BCUT2D eigenvalue weighted by molar-refractivity contribution is 6.27. The van der Waals surface area contributed by atoms with Gasteiger partial charge in [0, 0.05) is 61.4 Å². The van der Waals surface area contributed by atoms with Gasteiger partial charge in [0.1, 0.15) is 11.2 Å². The Hall–Kier alpha value is -7.10. The second kappa shape index (κ2) is 13.0. The van der Waals surface area contributed by atoms with Crippen molar-refractivity contribution in [1.82, 2.24) is 0 Å². The second-order valence-electron chi connectivity index (χ2n) is 14.9. The predicted octanol–water partition coefficient (Wildman–Crippen LogP) is 14.9. The molecule has 3 heteroatoms. The average molecular weight is 719 g/mol. The smallest absolute Gasteiger partial charge is 0.143 e. The molecule has 0 aliphatic heterocycles. The van der Waals surface area contributed by atoms with Crippen LogP contribution >= 0.6 is 0 Å². The summed E-state index contributed by atoms with van der Waals surface area (Å²) in [4.78, 5) is 4.85. The number of para-hydroxylation sites is 2. The zero-order valence-electron chi connectivity index (χ0n) is 31.0. The lowest BCUT2D eigenvalue weighted by atomic mass is 9.79. The molecule has 0 N–H and O–H groups in total. The molecule has 0 spiro atoms. The predicted molar refractivity (Wildman–Crippen MR) is 237 cm³/mol. The van der Waals surface area contributed by atoms with E-state index in [0.29, 0.717) is 11.8 Å². The highest BCUT2D eigenvalue weighted by Gasteiger charge is 2.29. The van der Waals surface area contributed by atoms with Crippen LogP contribution in [0.15, 0.2) is 216 Å². The number of benzene rings is 8. The Labute approximate surface area is 326 Å². The van der Waals surface area contributed by atoms with Crippen LogP contribution in [0.1, 0.15) is 6.92 Å². The van der Waals surface area contributed by atoms with E-state index < -0.39 is 0 Å². The van der Waals surface area contributed by atoms with E-state index in [-0.39, 0.29) is 0 Å². The third kappa shape index (κ3) is 5.05. The Bertz CT molecular complexity index is 3110. The molecule has 0 bridgehead atoms. The average Bonchev–Trinajstić information content (AvgIpc) is 3.64. The molecule has 0 radical (unpaired) electrons. The molecule has 1 aromatic heterocycles. The first kappa shape index (κ1) is 32.3. The molecule has 56 heavy (non-hydrogen) atoms. The Morgan fingerprint density at radius 2 is 1.07 bits per heavy atom. The first-order chi connectivity index (χ1) is 27.7. The first-order valence-corrected chi connectivity index (χ1v) is 19.5. The normalized spacial score (nSPS) is 16.4. The van der Waals surface area contributed by atoms with Gasteiger partial charge >= 0.3 is 0 Å². The van der Waals surface area contributed by atoms with Crippen LogP contribution in [0.2, 0.25) is 0 Å². The van der Waals surface area contributed by atoms with Gasteiger partial charge in [-0.2, -0.15) is 0 Å². The van der Waals surface area contributed by atoms with Crippen LogP contribution < -0.4 is 9.80 Å². The zero-order valence-corrected chi connectivity index (χ0v) is 31.0. The molecule has 9 aromatic rings. The minimum absolute atomic E-state index is 0.313.